The standard InChI is InChI=1S/C20H28O2/c1-14(2)9-7-8-10-15(3)11-12-17-16(4)19(22)18(21)13-20(17,5)6/h7-12,18,21H,13H2,1-6H3/b8-7-,12-11+,15-10+/t18-/m0/s1. The summed E-state index contributed by atoms with van der Waals surface area (Å²) in [4.78, 5) is 12.0. The third kappa shape index (κ3) is 4.96. The molecule has 0 saturated heterocycles. The Labute approximate surface area is 134 Å². The predicted molar refractivity (Wildman–Crippen MR) is 93.6 cm³/mol. The van der Waals surface area contributed by atoms with E-state index in [-0.39, 0.29) is 11.2 Å². The monoisotopic (exact) mass is 300 g/mol. The van der Waals surface area contributed by atoms with Crippen LogP contribution in [0.1, 0.15) is 48.0 Å². The predicted octanol–water partition coefficient (Wildman–Crippen LogP) is 4.69. The van der Waals surface area contributed by atoms with Crippen LogP contribution in [0.3, 0.4) is 0 Å². The van der Waals surface area contributed by atoms with Gasteiger partial charge < -0.3 is 5.11 Å². The molecule has 2 nitrogen and oxygen atoms in total. The van der Waals surface area contributed by atoms with Gasteiger partial charge in [-0.25, -0.2) is 0 Å². The molecule has 0 spiro atoms. The van der Waals surface area contributed by atoms with Crippen LogP contribution in [-0.2, 0) is 4.79 Å². The second kappa shape index (κ2) is 7.55. The van der Waals surface area contributed by atoms with Gasteiger partial charge in [0, 0.05) is 0 Å². The van der Waals surface area contributed by atoms with Crippen LogP contribution in [0.2, 0.25) is 0 Å². The van der Waals surface area contributed by atoms with E-state index < -0.39 is 6.10 Å². The fraction of sp³-hybridized carbons (Fsp3) is 0.450. The van der Waals surface area contributed by atoms with Gasteiger partial charge in [-0.05, 0) is 50.7 Å². The van der Waals surface area contributed by atoms with Gasteiger partial charge in [-0.15, -0.1) is 0 Å². The Kier molecular flexibility index (Phi) is 6.31. The van der Waals surface area contributed by atoms with Crippen molar-refractivity contribution in [1.29, 1.82) is 0 Å². The van der Waals surface area contributed by atoms with E-state index in [1.54, 1.807) is 6.92 Å². The van der Waals surface area contributed by atoms with Crippen molar-refractivity contribution >= 4 is 5.78 Å². The summed E-state index contributed by atoms with van der Waals surface area (Å²) in [6.07, 6.45) is 11.8. The van der Waals surface area contributed by atoms with E-state index in [1.807, 2.05) is 37.3 Å². The van der Waals surface area contributed by atoms with Gasteiger partial charge in [0.2, 0.25) is 0 Å². The highest BCUT2D eigenvalue weighted by Crippen LogP contribution is 2.39. The Hall–Kier alpha value is -1.67. The largest absolute Gasteiger partial charge is 0.385 e. The normalized spacial score (nSPS) is 22.8. The molecule has 0 bridgehead atoms. The number of hydrogen-bond acceptors (Lipinski definition) is 2. The zero-order valence-corrected chi connectivity index (χ0v) is 14.6. The summed E-state index contributed by atoms with van der Waals surface area (Å²) >= 11 is 0. The first-order chi connectivity index (χ1) is 10.1. The lowest BCUT2D eigenvalue weighted by Gasteiger charge is -2.34. The van der Waals surface area contributed by atoms with Crippen molar-refractivity contribution in [2.45, 2.75) is 54.1 Å². The van der Waals surface area contributed by atoms with E-state index in [0.29, 0.717) is 12.0 Å². The molecule has 22 heavy (non-hydrogen) atoms. The van der Waals surface area contributed by atoms with Crippen LogP contribution < -0.4 is 0 Å². The second-order valence-electron chi connectivity index (χ2n) is 6.88. The smallest absolute Gasteiger partial charge is 0.187 e. The molecule has 0 aromatic carbocycles. The topological polar surface area (TPSA) is 37.3 Å². The number of Topliss-reactive ketones (excluding diaryl/α,β-unsaturated/α-hetero) is 1. The van der Waals surface area contributed by atoms with Gasteiger partial charge in [0.1, 0.15) is 6.10 Å². The molecule has 2 heteroatoms. The summed E-state index contributed by atoms with van der Waals surface area (Å²) in [6.45, 7) is 12.1. The van der Waals surface area contributed by atoms with Crippen molar-refractivity contribution in [3.63, 3.8) is 0 Å². The SMILES string of the molecule is CC(C)=C\C=C/C=C(C)/C=C/C1=C(C)C(=O)[C@@H](O)CC1(C)C. The van der Waals surface area contributed by atoms with E-state index in [1.165, 1.54) is 5.57 Å². The zero-order valence-electron chi connectivity index (χ0n) is 14.6. The summed E-state index contributed by atoms with van der Waals surface area (Å²) in [5.41, 5.74) is 3.89. The molecule has 0 amide bonds. The fourth-order valence-electron chi connectivity index (χ4n) is 2.65. The van der Waals surface area contributed by atoms with E-state index in [2.05, 4.69) is 33.8 Å². The Balaban J connectivity index is 2.96. The third-order valence-electron chi connectivity index (χ3n) is 3.92. The Bertz CT molecular complexity index is 577. The van der Waals surface area contributed by atoms with E-state index >= 15 is 0 Å². The molecule has 1 atom stereocenters. The molecular formula is C20H28O2. The van der Waals surface area contributed by atoms with Crippen molar-refractivity contribution < 1.29 is 9.90 Å². The first kappa shape index (κ1) is 18.4. The van der Waals surface area contributed by atoms with E-state index in [4.69, 9.17) is 0 Å². The zero-order chi connectivity index (χ0) is 16.9. The molecule has 0 unspecified atom stereocenters. The van der Waals surface area contributed by atoms with E-state index in [9.17, 15) is 9.90 Å². The van der Waals surface area contributed by atoms with Crippen LogP contribution in [0.15, 0.2) is 58.7 Å². The van der Waals surface area contributed by atoms with E-state index in [0.717, 1.165) is 11.1 Å². The molecule has 0 aromatic heterocycles. The number of aliphatic hydroxyl groups is 1. The molecular weight excluding hydrogens is 272 g/mol. The number of ketones is 1. The minimum Gasteiger partial charge on any atom is -0.385 e. The summed E-state index contributed by atoms with van der Waals surface area (Å²) in [5, 5.41) is 9.83. The lowest BCUT2D eigenvalue weighted by Crippen LogP contribution is -2.35. The highest BCUT2D eigenvalue weighted by molar-refractivity contribution is 6.00. The summed E-state index contributed by atoms with van der Waals surface area (Å²) in [5.74, 6) is -0.149. The molecule has 0 fully saturated rings. The van der Waals surface area contributed by atoms with Gasteiger partial charge in [-0.1, -0.05) is 61.4 Å². The lowest BCUT2D eigenvalue weighted by atomic mass is 9.71. The fourth-order valence-corrected chi connectivity index (χ4v) is 2.65. The molecule has 0 aliphatic heterocycles. The van der Waals surface area contributed by atoms with Crippen LogP contribution >= 0.6 is 0 Å². The molecule has 1 aliphatic carbocycles. The molecule has 0 heterocycles. The molecule has 0 radical (unpaired) electrons. The molecule has 1 rings (SSSR count). The molecule has 120 valence electrons. The van der Waals surface area contributed by atoms with Crippen molar-refractivity contribution in [3.05, 3.63) is 58.7 Å². The second-order valence-corrected chi connectivity index (χ2v) is 6.88. The molecule has 1 aliphatic rings. The minimum absolute atomic E-state index is 0.149. The maximum absolute atomic E-state index is 12.0. The average Bonchev–Trinajstić information content (AvgIpc) is 2.40. The maximum Gasteiger partial charge on any atom is 0.187 e. The van der Waals surface area contributed by atoms with Crippen molar-refractivity contribution in [1.82, 2.24) is 0 Å². The van der Waals surface area contributed by atoms with Crippen molar-refractivity contribution in [3.8, 4) is 0 Å². The maximum atomic E-state index is 12.0. The lowest BCUT2D eigenvalue weighted by molar-refractivity contribution is -0.125. The summed E-state index contributed by atoms with van der Waals surface area (Å²) in [7, 11) is 0. The van der Waals surface area contributed by atoms with Gasteiger partial charge in [0.25, 0.3) is 0 Å². The van der Waals surface area contributed by atoms with Gasteiger partial charge in [0.15, 0.2) is 5.78 Å². The van der Waals surface area contributed by atoms with Crippen LogP contribution in [0.25, 0.3) is 0 Å². The number of hydrogen-bond donors (Lipinski definition) is 1. The van der Waals surface area contributed by atoms with Crippen LogP contribution in [0, 0.1) is 5.41 Å². The Morgan fingerprint density at radius 2 is 1.77 bits per heavy atom. The summed E-state index contributed by atoms with van der Waals surface area (Å²) in [6, 6.07) is 0. The third-order valence-corrected chi connectivity index (χ3v) is 3.92. The quantitative estimate of drug-likeness (QED) is 0.765. The van der Waals surface area contributed by atoms with Crippen LogP contribution in [0.4, 0.5) is 0 Å². The first-order valence-corrected chi connectivity index (χ1v) is 7.75. The first-order valence-electron chi connectivity index (χ1n) is 7.75. The van der Waals surface area contributed by atoms with Crippen LogP contribution in [0.5, 0.6) is 0 Å². The number of allylic oxidation sites excluding steroid dienone is 9. The molecule has 0 saturated carbocycles. The summed E-state index contributed by atoms with van der Waals surface area (Å²) < 4.78 is 0. The Morgan fingerprint density at radius 3 is 2.36 bits per heavy atom. The average molecular weight is 300 g/mol. The highest BCUT2D eigenvalue weighted by atomic mass is 16.3. The number of carbonyl (C=O) groups is 1. The number of carbonyl (C=O) groups excluding carboxylic acids is 1. The van der Waals surface area contributed by atoms with Crippen molar-refractivity contribution in [2.75, 3.05) is 0 Å². The number of rotatable bonds is 4. The van der Waals surface area contributed by atoms with Gasteiger partial charge in [-0.3, -0.25) is 4.79 Å². The highest BCUT2D eigenvalue weighted by Gasteiger charge is 2.36. The van der Waals surface area contributed by atoms with Gasteiger partial charge in [-0.2, -0.15) is 0 Å². The molecule has 1 N–H and O–H groups in total. The van der Waals surface area contributed by atoms with Gasteiger partial charge in [0.05, 0.1) is 0 Å². The number of aliphatic hydroxyl groups excluding tert-OH is 1. The Morgan fingerprint density at radius 1 is 1.18 bits per heavy atom. The molecule has 0 aromatic rings. The van der Waals surface area contributed by atoms with Crippen LogP contribution in [-0.4, -0.2) is 17.0 Å². The minimum atomic E-state index is -0.865. The van der Waals surface area contributed by atoms with Crippen molar-refractivity contribution in [2.24, 2.45) is 5.41 Å². The van der Waals surface area contributed by atoms with Gasteiger partial charge >= 0.3 is 0 Å².